The van der Waals surface area contributed by atoms with Crippen LogP contribution in [-0.2, 0) is 6.54 Å². The number of methoxy groups -OCH3 is 1. The van der Waals surface area contributed by atoms with Gasteiger partial charge in [-0.25, -0.2) is 0 Å². The van der Waals surface area contributed by atoms with Gasteiger partial charge >= 0.3 is 0 Å². The summed E-state index contributed by atoms with van der Waals surface area (Å²) in [7, 11) is 1.67. The number of benzene rings is 1. The molecule has 0 saturated carbocycles. The Morgan fingerprint density at radius 1 is 1.33 bits per heavy atom. The first kappa shape index (κ1) is 14.6. The number of unbranched alkanes of at least 4 members (excludes halogenated alkanes) is 1. The molecular formula is C15H23NO2. The number of hydrogen-bond donors (Lipinski definition) is 1. The normalized spacial score (nSPS) is 10.1. The summed E-state index contributed by atoms with van der Waals surface area (Å²) < 4.78 is 11.0. The molecule has 0 amide bonds. The van der Waals surface area contributed by atoms with Crippen molar-refractivity contribution in [2.75, 3.05) is 20.3 Å². The van der Waals surface area contributed by atoms with E-state index in [1.807, 2.05) is 18.2 Å². The van der Waals surface area contributed by atoms with Gasteiger partial charge in [0.1, 0.15) is 0 Å². The van der Waals surface area contributed by atoms with Gasteiger partial charge < -0.3 is 14.8 Å². The fraction of sp³-hybridized carbons (Fsp3) is 0.467. The zero-order valence-electron chi connectivity index (χ0n) is 11.4. The van der Waals surface area contributed by atoms with Crippen molar-refractivity contribution in [3.05, 3.63) is 36.4 Å². The first-order valence-electron chi connectivity index (χ1n) is 6.43. The van der Waals surface area contributed by atoms with Crippen molar-refractivity contribution in [2.45, 2.75) is 26.3 Å². The van der Waals surface area contributed by atoms with E-state index in [0.717, 1.165) is 44.0 Å². The molecule has 1 N–H and O–H groups in total. The Kier molecular flexibility index (Phi) is 6.96. The molecule has 0 unspecified atom stereocenters. The van der Waals surface area contributed by atoms with Crippen LogP contribution in [0, 0.1) is 0 Å². The Hall–Kier alpha value is -1.48. The fourth-order valence-corrected chi connectivity index (χ4v) is 1.59. The molecule has 0 heterocycles. The highest BCUT2D eigenvalue weighted by molar-refractivity contribution is 5.42. The van der Waals surface area contributed by atoms with Crippen LogP contribution in [0.25, 0.3) is 0 Å². The maximum Gasteiger partial charge on any atom is 0.161 e. The van der Waals surface area contributed by atoms with E-state index in [-0.39, 0.29) is 0 Å². The lowest BCUT2D eigenvalue weighted by molar-refractivity contribution is 0.288. The van der Waals surface area contributed by atoms with Gasteiger partial charge in [-0.2, -0.15) is 0 Å². The summed E-state index contributed by atoms with van der Waals surface area (Å²) in [6.45, 7) is 8.16. The molecule has 0 fully saturated rings. The predicted molar refractivity (Wildman–Crippen MR) is 75.3 cm³/mol. The summed E-state index contributed by atoms with van der Waals surface area (Å²) in [6, 6.07) is 6.04. The van der Waals surface area contributed by atoms with E-state index in [9.17, 15) is 0 Å². The lowest BCUT2D eigenvalue weighted by atomic mass is 10.2. The molecule has 1 aromatic carbocycles. The summed E-state index contributed by atoms with van der Waals surface area (Å²) in [6.07, 6.45) is 4.04. The highest BCUT2D eigenvalue weighted by Gasteiger charge is 2.05. The van der Waals surface area contributed by atoms with Gasteiger partial charge in [-0.15, -0.1) is 6.58 Å². The second-order valence-electron chi connectivity index (χ2n) is 4.11. The van der Waals surface area contributed by atoms with Gasteiger partial charge in [-0.1, -0.05) is 25.5 Å². The highest BCUT2D eigenvalue weighted by Crippen LogP contribution is 2.28. The zero-order chi connectivity index (χ0) is 13.2. The Morgan fingerprint density at radius 2 is 2.17 bits per heavy atom. The first-order chi connectivity index (χ1) is 8.81. The number of nitrogens with one attached hydrogen (secondary N) is 1. The molecular weight excluding hydrogens is 226 g/mol. The standard InChI is InChI=1S/C15H23NO2/c1-4-6-10-18-14-8-7-13(11-15(14)17-3)12-16-9-5-2/h5,7-8,11,16H,2,4,6,9-10,12H2,1,3H3. The lowest BCUT2D eigenvalue weighted by Crippen LogP contribution is -2.12. The zero-order valence-corrected chi connectivity index (χ0v) is 11.4. The van der Waals surface area contributed by atoms with Crippen LogP contribution in [0.2, 0.25) is 0 Å². The minimum Gasteiger partial charge on any atom is -0.493 e. The third-order valence-electron chi connectivity index (χ3n) is 2.60. The summed E-state index contributed by atoms with van der Waals surface area (Å²) in [4.78, 5) is 0. The highest BCUT2D eigenvalue weighted by atomic mass is 16.5. The van der Waals surface area contributed by atoms with Crippen molar-refractivity contribution < 1.29 is 9.47 Å². The number of rotatable bonds is 9. The van der Waals surface area contributed by atoms with E-state index in [4.69, 9.17) is 9.47 Å². The van der Waals surface area contributed by atoms with Crippen molar-refractivity contribution in [1.29, 1.82) is 0 Å². The van der Waals surface area contributed by atoms with Crippen molar-refractivity contribution in [2.24, 2.45) is 0 Å². The Balaban J connectivity index is 2.61. The largest absolute Gasteiger partial charge is 0.493 e. The monoisotopic (exact) mass is 249 g/mol. The molecule has 0 aromatic heterocycles. The molecule has 0 aliphatic rings. The molecule has 18 heavy (non-hydrogen) atoms. The Morgan fingerprint density at radius 3 is 2.83 bits per heavy atom. The third-order valence-corrected chi connectivity index (χ3v) is 2.60. The van der Waals surface area contributed by atoms with E-state index in [2.05, 4.69) is 24.9 Å². The minimum atomic E-state index is 0.737. The van der Waals surface area contributed by atoms with Gasteiger partial charge in [-0.05, 0) is 24.1 Å². The molecule has 1 aromatic rings. The van der Waals surface area contributed by atoms with E-state index in [0.29, 0.717) is 0 Å². The fourth-order valence-electron chi connectivity index (χ4n) is 1.59. The van der Waals surface area contributed by atoms with Crippen LogP contribution >= 0.6 is 0 Å². The van der Waals surface area contributed by atoms with Crippen LogP contribution in [0.15, 0.2) is 30.9 Å². The van der Waals surface area contributed by atoms with E-state index >= 15 is 0 Å². The number of ether oxygens (including phenoxy) is 2. The summed E-state index contributed by atoms with van der Waals surface area (Å²) in [5, 5.41) is 3.26. The maximum atomic E-state index is 5.69. The molecule has 0 bridgehead atoms. The predicted octanol–water partition coefficient (Wildman–Crippen LogP) is 3.15. The molecule has 0 saturated heterocycles. The molecule has 0 atom stereocenters. The molecule has 100 valence electrons. The SMILES string of the molecule is C=CCNCc1ccc(OCCCC)c(OC)c1. The van der Waals surface area contributed by atoms with E-state index in [1.165, 1.54) is 5.56 Å². The third kappa shape index (κ3) is 4.80. The van der Waals surface area contributed by atoms with E-state index in [1.54, 1.807) is 7.11 Å². The van der Waals surface area contributed by atoms with Gasteiger partial charge in [0.2, 0.25) is 0 Å². The first-order valence-corrected chi connectivity index (χ1v) is 6.43. The average Bonchev–Trinajstić information content (AvgIpc) is 2.40. The van der Waals surface area contributed by atoms with Gasteiger partial charge in [0.25, 0.3) is 0 Å². The quantitative estimate of drug-likeness (QED) is 0.538. The molecule has 3 nitrogen and oxygen atoms in total. The van der Waals surface area contributed by atoms with Gasteiger partial charge in [0, 0.05) is 13.1 Å². The summed E-state index contributed by atoms with van der Waals surface area (Å²) in [5.41, 5.74) is 1.18. The summed E-state index contributed by atoms with van der Waals surface area (Å²) in [5.74, 6) is 1.61. The second-order valence-corrected chi connectivity index (χ2v) is 4.11. The summed E-state index contributed by atoms with van der Waals surface area (Å²) >= 11 is 0. The molecule has 1 rings (SSSR count). The second kappa shape index (κ2) is 8.59. The van der Waals surface area contributed by atoms with Crippen LogP contribution in [-0.4, -0.2) is 20.3 Å². The Bertz CT molecular complexity index is 364. The molecule has 3 heteroatoms. The van der Waals surface area contributed by atoms with Crippen LogP contribution in [0.1, 0.15) is 25.3 Å². The minimum absolute atomic E-state index is 0.737. The molecule has 0 spiro atoms. The van der Waals surface area contributed by atoms with Crippen LogP contribution in [0.5, 0.6) is 11.5 Å². The lowest BCUT2D eigenvalue weighted by Gasteiger charge is -2.12. The van der Waals surface area contributed by atoms with Crippen molar-refractivity contribution in [3.8, 4) is 11.5 Å². The van der Waals surface area contributed by atoms with Crippen LogP contribution < -0.4 is 14.8 Å². The van der Waals surface area contributed by atoms with Crippen LogP contribution in [0.4, 0.5) is 0 Å². The molecule has 0 radical (unpaired) electrons. The van der Waals surface area contributed by atoms with Crippen molar-refractivity contribution in [3.63, 3.8) is 0 Å². The number of hydrogen-bond acceptors (Lipinski definition) is 3. The van der Waals surface area contributed by atoms with Crippen molar-refractivity contribution >= 4 is 0 Å². The maximum absolute atomic E-state index is 5.69. The Labute approximate surface area is 110 Å². The average molecular weight is 249 g/mol. The van der Waals surface area contributed by atoms with Gasteiger partial charge in [0.05, 0.1) is 13.7 Å². The molecule has 0 aliphatic heterocycles. The smallest absolute Gasteiger partial charge is 0.161 e. The van der Waals surface area contributed by atoms with Crippen LogP contribution in [0.3, 0.4) is 0 Å². The van der Waals surface area contributed by atoms with Gasteiger partial charge in [0.15, 0.2) is 11.5 Å². The van der Waals surface area contributed by atoms with E-state index < -0.39 is 0 Å². The molecule has 0 aliphatic carbocycles. The van der Waals surface area contributed by atoms with Gasteiger partial charge in [-0.3, -0.25) is 0 Å². The topological polar surface area (TPSA) is 30.5 Å². The van der Waals surface area contributed by atoms with Crippen molar-refractivity contribution in [1.82, 2.24) is 5.32 Å².